The lowest BCUT2D eigenvalue weighted by atomic mass is 10.2. The summed E-state index contributed by atoms with van der Waals surface area (Å²) in [4.78, 5) is 2.25. The van der Waals surface area contributed by atoms with E-state index in [1.54, 1.807) is 28.4 Å². The monoisotopic (exact) mass is 509 g/mol. The molecule has 0 radical (unpaired) electrons. The van der Waals surface area contributed by atoms with Gasteiger partial charge in [-0.05, 0) is 39.8 Å². The van der Waals surface area contributed by atoms with Gasteiger partial charge in [0.25, 0.3) is 0 Å². The highest BCUT2D eigenvalue weighted by molar-refractivity contribution is 6.67. The maximum atomic E-state index is 6.64. The Hall–Kier alpha value is 0.154. The molecule has 0 saturated carbocycles. The van der Waals surface area contributed by atoms with Gasteiger partial charge in [-0.25, -0.2) is 0 Å². The average Bonchev–Trinajstić information content (AvgIpc) is 2.82. The number of nitrogens with zero attached hydrogens (tertiary/aromatic N) is 1. The highest BCUT2D eigenvalue weighted by Crippen LogP contribution is 2.26. The van der Waals surface area contributed by atoms with Crippen LogP contribution in [0.1, 0.15) is 86.0 Å². The summed E-state index contributed by atoms with van der Waals surface area (Å²) in [5.41, 5.74) is -0.0958. The summed E-state index contributed by atoms with van der Waals surface area (Å²) in [6, 6.07) is 0. The number of unbranched alkanes of at least 4 members (excludes halogenated alkanes) is 4. The van der Waals surface area contributed by atoms with Crippen molar-refractivity contribution in [3.63, 3.8) is 0 Å². The third kappa shape index (κ3) is 10.7. The minimum Gasteiger partial charge on any atom is -0.396 e. The highest BCUT2D eigenvalue weighted by atomic mass is 28.4. The molecule has 33 heavy (non-hydrogen) atoms. The smallest absolute Gasteiger partial charge is 0.364 e. The summed E-state index contributed by atoms with van der Waals surface area (Å²) in [6.45, 7) is 15.8. The zero-order valence-electron chi connectivity index (χ0n) is 23.6. The Morgan fingerprint density at radius 2 is 0.939 bits per heavy atom. The van der Waals surface area contributed by atoms with Gasteiger partial charge in [0.15, 0.2) is 0 Å². The molecule has 0 saturated heterocycles. The SMILES string of the molecule is CCCCCC(OC(C)N(CC)C(C)OC(CCCCC)[Si](C)(OC)OC)[Si](C)(OC)OC. The number of hydrogen-bond donors (Lipinski definition) is 0. The zero-order chi connectivity index (χ0) is 25.5. The van der Waals surface area contributed by atoms with E-state index >= 15 is 0 Å². The first-order chi connectivity index (χ1) is 15.6. The van der Waals surface area contributed by atoms with E-state index in [-0.39, 0.29) is 23.9 Å². The van der Waals surface area contributed by atoms with Crippen LogP contribution in [0, 0.1) is 0 Å². The molecular formula is C24H55NO6Si2. The van der Waals surface area contributed by atoms with Gasteiger partial charge in [-0.2, -0.15) is 0 Å². The van der Waals surface area contributed by atoms with Crippen molar-refractivity contribution in [2.24, 2.45) is 0 Å². The fraction of sp³-hybridized carbons (Fsp3) is 1.00. The molecule has 0 spiro atoms. The van der Waals surface area contributed by atoms with Crippen LogP contribution < -0.4 is 0 Å². The minimum absolute atomic E-state index is 0.0479. The molecule has 0 aromatic heterocycles. The molecule has 0 aromatic rings. The van der Waals surface area contributed by atoms with Crippen LogP contribution in [0.15, 0.2) is 0 Å². The molecule has 0 aliphatic carbocycles. The first-order valence-electron chi connectivity index (χ1n) is 12.9. The van der Waals surface area contributed by atoms with Crippen molar-refractivity contribution in [3.8, 4) is 0 Å². The van der Waals surface area contributed by atoms with E-state index in [0.717, 1.165) is 32.2 Å². The summed E-state index contributed by atoms with van der Waals surface area (Å²) in [7, 11) is 2.05. The molecule has 0 bridgehead atoms. The molecular weight excluding hydrogens is 454 g/mol. The molecule has 0 amide bonds. The van der Waals surface area contributed by atoms with Crippen LogP contribution in [0.2, 0.25) is 13.1 Å². The van der Waals surface area contributed by atoms with E-state index in [2.05, 4.69) is 52.6 Å². The summed E-state index contributed by atoms with van der Waals surface area (Å²) in [5.74, 6) is 0. The second-order valence-electron chi connectivity index (χ2n) is 9.12. The Bertz CT molecular complexity index is 440. The van der Waals surface area contributed by atoms with Gasteiger partial charge < -0.3 is 27.2 Å². The van der Waals surface area contributed by atoms with Gasteiger partial charge in [-0.1, -0.05) is 59.3 Å². The molecule has 7 nitrogen and oxygen atoms in total. The third-order valence-corrected chi connectivity index (χ3v) is 13.4. The van der Waals surface area contributed by atoms with E-state index in [0.29, 0.717) is 0 Å². The molecule has 0 heterocycles. The topological polar surface area (TPSA) is 58.6 Å². The minimum atomic E-state index is -2.45. The maximum absolute atomic E-state index is 6.64. The van der Waals surface area contributed by atoms with Crippen molar-refractivity contribution >= 4 is 17.1 Å². The van der Waals surface area contributed by atoms with Crippen LogP contribution in [0.3, 0.4) is 0 Å². The van der Waals surface area contributed by atoms with E-state index in [1.165, 1.54) is 25.7 Å². The summed E-state index contributed by atoms with van der Waals surface area (Å²) < 4.78 is 36.7. The fourth-order valence-corrected chi connectivity index (χ4v) is 7.93. The van der Waals surface area contributed by atoms with Crippen molar-refractivity contribution in [1.29, 1.82) is 0 Å². The van der Waals surface area contributed by atoms with E-state index in [1.807, 2.05) is 0 Å². The van der Waals surface area contributed by atoms with Crippen LogP contribution in [0.25, 0.3) is 0 Å². The standard InChI is InChI=1S/C24H55NO6Si2/c1-12-15-17-19-23(32(10,26-6)27-7)30-21(4)25(14-3)22(5)31-24(20-18-16-13-2)33(11,28-8)29-9/h21-24H,12-20H2,1-11H3. The second-order valence-corrected chi connectivity index (χ2v) is 16.1. The zero-order valence-corrected chi connectivity index (χ0v) is 25.6. The van der Waals surface area contributed by atoms with Gasteiger partial charge in [0.1, 0.15) is 23.9 Å². The lowest BCUT2D eigenvalue weighted by Gasteiger charge is -2.41. The van der Waals surface area contributed by atoms with Gasteiger partial charge in [-0.15, -0.1) is 0 Å². The lowest BCUT2D eigenvalue weighted by Crippen LogP contribution is -2.56. The quantitative estimate of drug-likeness (QED) is 0.111. The molecule has 9 heteroatoms. The molecule has 4 unspecified atom stereocenters. The summed E-state index contributed by atoms with van der Waals surface area (Å²) >= 11 is 0. The summed E-state index contributed by atoms with van der Waals surface area (Å²) in [6.07, 6.45) is 8.52. The molecule has 0 aromatic carbocycles. The molecule has 0 N–H and O–H groups in total. The number of hydrogen-bond acceptors (Lipinski definition) is 7. The van der Waals surface area contributed by atoms with E-state index in [9.17, 15) is 0 Å². The van der Waals surface area contributed by atoms with E-state index < -0.39 is 17.1 Å². The van der Waals surface area contributed by atoms with Crippen LogP contribution in [0.4, 0.5) is 0 Å². The van der Waals surface area contributed by atoms with Gasteiger partial charge in [0, 0.05) is 35.0 Å². The molecule has 200 valence electrons. The maximum Gasteiger partial charge on any atom is 0.364 e. The number of rotatable bonds is 21. The highest BCUT2D eigenvalue weighted by Gasteiger charge is 2.44. The Balaban J connectivity index is 5.48. The van der Waals surface area contributed by atoms with Crippen LogP contribution in [-0.2, 0) is 27.2 Å². The predicted molar refractivity (Wildman–Crippen MR) is 141 cm³/mol. The average molecular weight is 510 g/mol. The third-order valence-electron chi connectivity index (χ3n) is 6.95. The van der Waals surface area contributed by atoms with Crippen LogP contribution in [-0.4, -0.2) is 80.9 Å². The first-order valence-corrected chi connectivity index (χ1v) is 17.7. The summed E-state index contributed by atoms with van der Waals surface area (Å²) in [5, 5.41) is 0. The lowest BCUT2D eigenvalue weighted by molar-refractivity contribution is -0.163. The molecule has 4 atom stereocenters. The van der Waals surface area contributed by atoms with Crippen LogP contribution in [0.5, 0.6) is 0 Å². The fourth-order valence-electron chi connectivity index (χ4n) is 4.20. The Morgan fingerprint density at radius 1 is 0.606 bits per heavy atom. The van der Waals surface area contributed by atoms with Crippen molar-refractivity contribution in [2.75, 3.05) is 35.0 Å². The van der Waals surface area contributed by atoms with Crippen molar-refractivity contribution in [1.82, 2.24) is 4.90 Å². The second kappa shape index (κ2) is 17.6. The molecule has 0 fully saturated rings. The molecule has 0 rings (SSSR count). The van der Waals surface area contributed by atoms with Gasteiger partial charge in [0.2, 0.25) is 0 Å². The van der Waals surface area contributed by atoms with Crippen molar-refractivity contribution in [2.45, 2.75) is 123 Å². The Labute approximate surface area is 207 Å². The van der Waals surface area contributed by atoms with Gasteiger partial charge in [-0.3, -0.25) is 4.90 Å². The Morgan fingerprint density at radius 3 is 1.18 bits per heavy atom. The largest absolute Gasteiger partial charge is 0.396 e. The van der Waals surface area contributed by atoms with Gasteiger partial charge >= 0.3 is 17.1 Å². The molecule has 0 aliphatic rings. The van der Waals surface area contributed by atoms with E-state index in [4.69, 9.17) is 27.2 Å². The predicted octanol–water partition coefficient (Wildman–Crippen LogP) is 5.74. The first kappa shape index (κ1) is 33.2. The Kier molecular flexibility index (Phi) is 17.6. The molecule has 0 aliphatic heterocycles. The van der Waals surface area contributed by atoms with Crippen LogP contribution >= 0.6 is 0 Å². The normalized spacial score (nSPS) is 16.7. The van der Waals surface area contributed by atoms with Gasteiger partial charge in [0.05, 0.1) is 0 Å². The van der Waals surface area contributed by atoms with Crippen molar-refractivity contribution < 1.29 is 27.2 Å². The number of ether oxygens (including phenoxy) is 2. The van der Waals surface area contributed by atoms with Crippen molar-refractivity contribution in [3.05, 3.63) is 0 Å².